The molecule has 0 aliphatic carbocycles. The van der Waals surface area contributed by atoms with Gasteiger partial charge in [-0.3, -0.25) is 9.69 Å². The molecule has 0 radical (unpaired) electrons. The summed E-state index contributed by atoms with van der Waals surface area (Å²) in [5.41, 5.74) is 1.60. The van der Waals surface area contributed by atoms with Crippen molar-refractivity contribution in [2.75, 3.05) is 26.3 Å². The van der Waals surface area contributed by atoms with E-state index in [1.165, 1.54) is 0 Å². The molecule has 1 aromatic carbocycles. The third-order valence-corrected chi connectivity index (χ3v) is 4.91. The summed E-state index contributed by atoms with van der Waals surface area (Å²) in [6, 6.07) is 5.89. The quantitative estimate of drug-likeness (QED) is 0.836. The zero-order valence-corrected chi connectivity index (χ0v) is 13.9. The minimum absolute atomic E-state index is 0.234. The lowest BCUT2D eigenvalue weighted by molar-refractivity contribution is -0.133. The summed E-state index contributed by atoms with van der Waals surface area (Å²) in [6.45, 7) is 9.16. The predicted octanol–water partition coefficient (Wildman–Crippen LogP) is 3.26. The number of carbonyl (C=O) groups is 1. The fraction of sp³-hybridized carbons (Fsp3) is 0.588. The van der Waals surface area contributed by atoms with Crippen LogP contribution in [0, 0.1) is 6.92 Å². The van der Waals surface area contributed by atoms with E-state index >= 15 is 0 Å². The SMILES string of the molecule is CCC(C)(C(=O)Cc1ccc(C)cc1Cl)N1CCOCC1. The van der Waals surface area contributed by atoms with Crippen molar-refractivity contribution >= 4 is 17.4 Å². The van der Waals surface area contributed by atoms with Gasteiger partial charge < -0.3 is 4.74 Å². The number of ether oxygens (including phenoxy) is 1. The Morgan fingerprint density at radius 2 is 2.05 bits per heavy atom. The van der Waals surface area contributed by atoms with Gasteiger partial charge in [-0.1, -0.05) is 30.7 Å². The third kappa shape index (κ3) is 3.65. The van der Waals surface area contributed by atoms with E-state index in [2.05, 4.69) is 11.8 Å². The van der Waals surface area contributed by atoms with Crippen molar-refractivity contribution in [2.24, 2.45) is 0 Å². The molecule has 2 rings (SSSR count). The lowest BCUT2D eigenvalue weighted by Crippen LogP contribution is -2.56. The minimum Gasteiger partial charge on any atom is -0.379 e. The molecule has 1 fully saturated rings. The van der Waals surface area contributed by atoms with Crippen LogP contribution in [-0.2, 0) is 16.0 Å². The van der Waals surface area contributed by atoms with Crippen LogP contribution in [0.5, 0.6) is 0 Å². The Labute approximate surface area is 132 Å². The summed E-state index contributed by atoms with van der Waals surface area (Å²) in [5.74, 6) is 0.234. The summed E-state index contributed by atoms with van der Waals surface area (Å²) < 4.78 is 5.40. The highest BCUT2D eigenvalue weighted by atomic mass is 35.5. The van der Waals surface area contributed by atoms with Crippen LogP contribution in [-0.4, -0.2) is 42.5 Å². The fourth-order valence-corrected chi connectivity index (χ4v) is 3.12. The molecule has 1 unspecified atom stereocenters. The van der Waals surface area contributed by atoms with E-state index in [0.717, 1.165) is 30.6 Å². The fourth-order valence-electron chi connectivity index (χ4n) is 2.81. The highest BCUT2D eigenvalue weighted by Gasteiger charge is 2.38. The third-order valence-electron chi connectivity index (χ3n) is 4.56. The molecule has 1 saturated heterocycles. The van der Waals surface area contributed by atoms with Crippen LogP contribution in [0.25, 0.3) is 0 Å². The number of nitrogens with zero attached hydrogens (tertiary/aromatic N) is 1. The highest BCUT2D eigenvalue weighted by Crippen LogP contribution is 2.26. The maximum Gasteiger partial charge on any atom is 0.157 e. The Morgan fingerprint density at radius 1 is 1.38 bits per heavy atom. The van der Waals surface area contributed by atoms with Crippen LogP contribution in [0.2, 0.25) is 5.02 Å². The Hall–Kier alpha value is -0.900. The normalized spacial score (nSPS) is 19.2. The van der Waals surface area contributed by atoms with Crippen LogP contribution in [0.15, 0.2) is 18.2 Å². The van der Waals surface area contributed by atoms with Gasteiger partial charge in [0.05, 0.1) is 18.8 Å². The van der Waals surface area contributed by atoms with Gasteiger partial charge in [-0.25, -0.2) is 0 Å². The Morgan fingerprint density at radius 3 is 2.62 bits per heavy atom. The van der Waals surface area contributed by atoms with Crippen molar-refractivity contribution in [3.05, 3.63) is 34.3 Å². The van der Waals surface area contributed by atoms with Crippen molar-refractivity contribution in [3.8, 4) is 0 Å². The van der Waals surface area contributed by atoms with Gasteiger partial charge in [-0.2, -0.15) is 0 Å². The molecule has 0 amide bonds. The molecule has 0 N–H and O–H groups in total. The van der Waals surface area contributed by atoms with Crippen molar-refractivity contribution in [1.29, 1.82) is 0 Å². The van der Waals surface area contributed by atoms with E-state index in [9.17, 15) is 4.79 Å². The number of ketones is 1. The summed E-state index contributed by atoms with van der Waals surface area (Å²) in [4.78, 5) is 15.1. The van der Waals surface area contributed by atoms with Gasteiger partial charge in [0.15, 0.2) is 5.78 Å². The molecule has 0 bridgehead atoms. The monoisotopic (exact) mass is 309 g/mol. The molecule has 21 heavy (non-hydrogen) atoms. The number of carbonyl (C=O) groups excluding carboxylic acids is 1. The average Bonchev–Trinajstić information content (AvgIpc) is 2.50. The zero-order valence-electron chi connectivity index (χ0n) is 13.1. The van der Waals surface area contributed by atoms with Gasteiger partial charge in [0, 0.05) is 24.5 Å². The Bertz CT molecular complexity index is 512. The van der Waals surface area contributed by atoms with Crippen LogP contribution < -0.4 is 0 Å². The van der Waals surface area contributed by atoms with Crippen molar-refractivity contribution in [1.82, 2.24) is 4.90 Å². The zero-order chi connectivity index (χ0) is 15.5. The second kappa shape index (κ2) is 6.91. The van der Waals surface area contributed by atoms with Gasteiger partial charge in [0.2, 0.25) is 0 Å². The van der Waals surface area contributed by atoms with Crippen LogP contribution in [0.1, 0.15) is 31.4 Å². The first-order chi connectivity index (χ1) is 9.97. The molecular formula is C17H24ClNO2. The maximum absolute atomic E-state index is 12.9. The Balaban J connectivity index is 2.15. The number of rotatable bonds is 5. The number of benzene rings is 1. The molecular weight excluding hydrogens is 286 g/mol. The van der Waals surface area contributed by atoms with Crippen LogP contribution in [0.3, 0.4) is 0 Å². The predicted molar refractivity (Wildman–Crippen MR) is 86.0 cm³/mol. The number of Topliss-reactive ketones (excluding diaryl/α,β-unsaturated/α-hetero) is 1. The first kappa shape index (κ1) is 16.5. The van der Waals surface area contributed by atoms with Gasteiger partial charge in [-0.15, -0.1) is 0 Å². The molecule has 0 saturated carbocycles. The van der Waals surface area contributed by atoms with Crippen molar-refractivity contribution < 1.29 is 9.53 Å². The number of halogens is 1. The lowest BCUT2D eigenvalue weighted by atomic mass is 9.87. The molecule has 1 aromatic rings. The molecule has 3 nitrogen and oxygen atoms in total. The van der Waals surface area contributed by atoms with E-state index in [-0.39, 0.29) is 5.78 Å². The van der Waals surface area contributed by atoms with E-state index in [1.54, 1.807) is 0 Å². The molecule has 1 atom stereocenters. The smallest absolute Gasteiger partial charge is 0.157 e. The topological polar surface area (TPSA) is 29.5 Å². The van der Waals surface area contributed by atoms with Crippen LogP contribution in [0.4, 0.5) is 0 Å². The summed E-state index contributed by atoms with van der Waals surface area (Å²) >= 11 is 6.27. The average molecular weight is 310 g/mol. The first-order valence-electron chi connectivity index (χ1n) is 7.58. The van der Waals surface area contributed by atoms with Gasteiger partial charge >= 0.3 is 0 Å². The number of hydrogen-bond acceptors (Lipinski definition) is 3. The number of morpholine rings is 1. The second-order valence-corrected chi connectivity index (χ2v) is 6.33. The number of hydrogen-bond donors (Lipinski definition) is 0. The van der Waals surface area contributed by atoms with E-state index < -0.39 is 5.54 Å². The number of aryl methyl sites for hydroxylation is 1. The lowest BCUT2D eigenvalue weighted by Gasteiger charge is -2.41. The van der Waals surface area contributed by atoms with Gasteiger partial charge in [0.1, 0.15) is 0 Å². The molecule has 1 heterocycles. The largest absolute Gasteiger partial charge is 0.379 e. The molecule has 1 aliphatic rings. The molecule has 0 aromatic heterocycles. The van der Waals surface area contributed by atoms with Gasteiger partial charge in [-0.05, 0) is 37.5 Å². The van der Waals surface area contributed by atoms with Crippen LogP contribution >= 0.6 is 11.6 Å². The minimum atomic E-state index is -0.433. The summed E-state index contributed by atoms with van der Waals surface area (Å²) in [7, 11) is 0. The summed E-state index contributed by atoms with van der Waals surface area (Å²) in [6.07, 6.45) is 1.19. The highest BCUT2D eigenvalue weighted by molar-refractivity contribution is 6.31. The second-order valence-electron chi connectivity index (χ2n) is 5.92. The van der Waals surface area contributed by atoms with E-state index in [4.69, 9.17) is 16.3 Å². The Kier molecular flexibility index (Phi) is 5.42. The van der Waals surface area contributed by atoms with Crippen molar-refractivity contribution in [3.63, 3.8) is 0 Å². The van der Waals surface area contributed by atoms with Gasteiger partial charge in [0.25, 0.3) is 0 Å². The van der Waals surface area contributed by atoms with E-state index in [0.29, 0.717) is 24.7 Å². The standard InChI is InChI=1S/C17H24ClNO2/c1-4-17(3,19-7-9-21-10-8-19)16(20)12-14-6-5-13(2)11-15(14)18/h5-6,11H,4,7-10,12H2,1-3H3. The summed E-state index contributed by atoms with van der Waals surface area (Å²) in [5, 5.41) is 0.684. The first-order valence-corrected chi connectivity index (χ1v) is 7.96. The van der Waals surface area contributed by atoms with E-state index in [1.807, 2.05) is 32.0 Å². The molecule has 1 aliphatic heterocycles. The maximum atomic E-state index is 12.9. The molecule has 4 heteroatoms. The molecule has 116 valence electrons. The van der Waals surface area contributed by atoms with Crippen molar-refractivity contribution in [2.45, 2.75) is 39.2 Å². The molecule has 0 spiro atoms.